The van der Waals surface area contributed by atoms with Crippen LogP contribution >= 0.6 is 0 Å². The Morgan fingerprint density at radius 1 is 1.33 bits per heavy atom. The summed E-state index contributed by atoms with van der Waals surface area (Å²) in [5.41, 5.74) is 8.10. The third-order valence-corrected chi connectivity index (χ3v) is 6.05. The predicted molar refractivity (Wildman–Crippen MR) is 73.3 cm³/mol. The van der Waals surface area contributed by atoms with Crippen LogP contribution in [0.15, 0.2) is 23.1 Å². The van der Waals surface area contributed by atoms with Crippen LogP contribution in [0, 0.1) is 0 Å². The van der Waals surface area contributed by atoms with Crippen molar-refractivity contribution in [2.75, 3.05) is 0 Å². The van der Waals surface area contributed by atoms with Crippen molar-refractivity contribution in [1.82, 2.24) is 0 Å². The lowest BCUT2D eigenvalue weighted by atomic mass is 9.96. The van der Waals surface area contributed by atoms with Crippen molar-refractivity contribution in [3.63, 3.8) is 0 Å². The second-order valence-corrected chi connectivity index (χ2v) is 7.49. The van der Waals surface area contributed by atoms with Crippen molar-refractivity contribution < 1.29 is 8.42 Å². The SMILES string of the molecule is CCCC1C(N)c2cc(C(C)C)ccc2S1(=O)=O. The van der Waals surface area contributed by atoms with Gasteiger partial charge in [-0.05, 0) is 29.5 Å². The summed E-state index contributed by atoms with van der Waals surface area (Å²) in [4.78, 5) is 0.442. The number of benzene rings is 1. The minimum Gasteiger partial charge on any atom is -0.323 e. The van der Waals surface area contributed by atoms with Crippen molar-refractivity contribution in [3.8, 4) is 0 Å². The summed E-state index contributed by atoms with van der Waals surface area (Å²) in [6, 6.07) is 5.24. The number of fused-ring (bicyclic) bond motifs is 1. The van der Waals surface area contributed by atoms with Crippen molar-refractivity contribution >= 4 is 9.84 Å². The number of nitrogens with two attached hydrogens (primary N) is 1. The van der Waals surface area contributed by atoms with Gasteiger partial charge in [-0.15, -0.1) is 0 Å². The minimum absolute atomic E-state index is 0.372. The molecule has 0 bridgehead atoms. The molecule has 1 aliphatic rings. The van der Waals surface area contributed by atoms with Crippen LogP contribution in [0.2, 0.25) is 0 Å². The van der Waals surface area contributed by atoms with E-state index in [1.807, 2.05) is 19.1 Å². The first kappa shape index (κ1) is 13.6. The van der Waals surface area contributed by atoms with Gasteiger partial charge in [-0.25, -0.2) is 8.42 Å². The topological polar surface area (TPSA) is 60.2 Å². The van der Waals surface area contributed by atoms with E-state index in [1.165, 1.54) is 0 Å². The van der Waals surface area contributed by atoms with Crippen LogP contribution in [0.1, 0.15) is 56.7 Å². The minimum atomic E-state index is -3.23. The largest absolute Gasteiger partial charge is 0.323 e. The lowest BCUT2D eigenvalue weighted by molar-refractivity contribution is 0.555. The zero-order valence-electron chi connectivity index (χ0n) is 11.2. The van der Waals surface area contributed by atoms with Crippen molar-refractivity contribution in [2.45, 2.75) is 55.7 Å². The molecule has 0 saturated carbocycles. The summed E-state index contributed by atoms with van der Waals surface area (Å²) in [6.45, 7) is 6.19. The molecule has 2 atom stereocenters. The Morgan fingerprint density at radius 2 is 2.00 bits per heavy atom. The molecule has 2 unspecified atom stereocenters. The molecule has 0 spiro atoms. The predicted octanol–water partition coefficient (Wildman–Crippen LogP) is 2.77. The molecule has 18 heavy (non-hydrogen) atoms. The Labute approximate surface area is 109 Å². The lowest BCUT2D eigenvalue weighted by Crippen LogP contribution is -2.26. The normalized spacial score (nSPS) is 25.4. The third-order valence-electron chi connectivity index (χ3n) is 3.74. The standard InChI is InChI=1S/C14H21NO2S/c1-4-5-13-14(15)11-8-10(9(2)3)6-7-12(11)18(13,16)17/h6-9,13-14H,4-5,15H2,1-3H3. The van der Waals surface area contributed by atoms with Crippen molar-refractivity contribution in [1.29, 1.82) is 0 Å². The lowest BCUT2D eigenvalue weighted by Gasteiger charge is -2.14. The molecular weight excluding hydrogens is 246 g/mol. The van der Waals surface area contributed by atoms with E-state index in [4.69, 9.17) is 5.73 Å². The van der Waals surface area contributed by atoms with Gasteiger partial charge in [0.2, 0.25) is 0 Å². The highest BCUT2D eigenvalue weighted by Crippen LogP contribution is 2.40. The Kier molecular flexibility index (Phi) is 3.52. The van der Waals surface area contributed by atoms with E-state index < -0.39 is 15.1 Å². The summed E-state index contributed by atoms with van der Waals surface area (Å²) in [5.74, 6) is 0.385. The molecule has 2 N–H and O–H groups in total. The highest BCUT2D eigenvalue weighted by atomic mass is 32.2. The summed E-state index contributed by atoms with van der Waals surface area (Å²) >= 11 is 0. The van der Waals surface area contributed by atoms with Gasteiger partial charge in [0.25, 0.3) is 0 Å². The zero-order valence-corrected chi connectivity index (χ0v) is 12.0. The van der Waals surface area contributed by atoms with Crippen molar-refractivity contribution in [2.24, 2.45) is 5.73 Å². The van der Waals surface area contributed by atoms with Gasteiger partial charge in [0.1, 0.15) is 0 Å². The van der Waals surface area contributed by atoms with E-state index in [2.05, 4.69) is 13.8 Å². The monoisotopic (exact) mass is 267 g/mol. The molecule has 0 radical (unpaired) electrons. The van der Waals surface area contributed by atoms with Gasteiger partial charge in [-0.3, -0.25) is 0 Å². The van der Waals surface area contributed by atoms with E-state index in [1.54, 1.807) is 6.07 Å². The first-order valence-corrected chi connectivity index (χ1v) is 8.07. The van der Waals surface area contributed by atoms with Crippen LogP contribution in [0.3, 0.4) is 0 Å². The first-order chi connectivity index (χ1) is 8.39. The third kappa shape index (κ3) is 1.97. The molecule has 1 aromatic rings. The number of hydrogen-bond donors (Lipinski definition) is 1. The molecule has 0 aliphatic carbocycles. The van der Waals surface area contributed by atoms with Gasteiger partial charge in [0.05, 0.1) is 10.1 Å². The average molecular weight is 267 g/mol. The Morgan fingerprint density at radius 3 is 2.56 bits per heavy atom. The molecule has 1 aliphatic heterocycles. The van der Waals surface area contributed by atoms with E-state index in [0.29, 0.717) is 17.2 Å². The highest BCUT2D eigenvalue weighted by molar-refractivity contribution is 7.92. The second-order valence-electron chi connectivity index (χ2n) is 5.35. The molecule has 0 fully saturated rings. The maximum atomic E-state index is 12.4. The van der Waals surface area contributed by atoms with Crippen LogP contribution < -0.4 is 5.73 Å². The second kappa shape index (κ2) is 4.67. The van der Waals surface area contributed by atoms with E-state index in [9.17, 15) is 8.42 Å². The molecule has 2 rings (SSSR count). The summed E-state index contributed by atoms with van der Waals surface area (Å²) < 4.78 is 24.8. The Bertz CT molecular complexity index is 549. The summed E-state index contributed by atoms with van der Waals surface area (Å²) in [5, 5.41) is -0.445. The summed E-state index contributed by atoms with van der Waals surface area (Å²) in [6.07, 6.45) is 1.47. The van der Waals surface area contributed by atoms with Crippen LogP contribution in [-0.2, 0) is 9.84 Å². The van der Waals surface area contributed by atoms with Gasteiger partial charge in [-0.1, -0.05) is 39.3 Å². The Hall–Kier alpha value is -0.870. The number of sulfone groups is 1. The maximum absolute atomic E-state index is 12.4. The highest BCUT2D eigenvalue weighted by Gasteiger charge is 2.42. The van der Waals surface area contributed by atoms with Gasteiger partial charge in [0.15, 0.2) is 9.84 Å². The molecule has 100 valence electrons. The van der Waals surface area contributed by atoms with Gasteiger partial charge in [-0.2, -0.15) is 0 Å². The molecular formula is C14H21NO2S. The molecule has 1 aromatic carbocycles. The van der Waals surface area contributed by atoms with Crippen LogP contribution in [0.4, 0.5) is 0 Å². The molecule has 3 nitrogen and oxygen atoms in total. The van der Waals surface area contributed by atoms with Crippen LogP contribution in [-0.4, -0.2) is 13.7 Å². The fourth-order valence-corrected chi connectivity index (χ4v) is 4.81. The van der Waals surface area contributed by atoms with Gasteiger partial charge >= 0.3 is 0 Å². The quantitative estimate of drug-likeness (QED) is 0.916. The van der Waals surface area contributed by atoms with Crippen LogP contribution in [0.5, 0.6) is 0 Å². The van der Waals surface area contributed by atoms with Crippen LogP contribution in [0.25, 0.3) is 0 Å². The summed E-state index contributed by atoms with van der Waals surface area (Å²) in [7, 11) is -3.23. The van der Waals surface area contributed by atoms with E-state index >= 15 is 0 Å². The first-order valence-electron chi connectivity index (χ1n) is 6.53. The van der Waals surface area contributed by atoms with E-state index in [-0.39, 0.29) is 6.04 Å². The fraction of sp³-hybridized carbons (Fsp3) is 0.571. The average Bonchev–Trinajstić information content (AvgIpc) is 2.51. The Balaban J connectivity index is 2.54. The fourth-order valence-electron chi connectivity index (χ4n) is 2.62. The van der Waals surface area contributed by atoms with Gasteiger partial charge < -0.3 is 5.73 Å². The zero-order chi connectivity index (χ0) is 13.5. The van der Waals surface area contributed by atoms with E-state index in [0.717, 1.165) is 17.5 Å². The molecule has 0 saturated heterocycles. The molecule has 1 heterocycles. The van der Waals surface area contributed by atoms with Gasteiger partial charge in [0, 0.05) is 6.04 Å². The maximum Gasteiger partial charge on any atom is 0.183 e. The number of rotatable bonds is 3. The number of hydrogen-bond acceptors (Lipinski definition) is 3. The molecule has 4 heteroatoms. The molecule has 0 amide bonds. The molecule has 0 aromatic heterocycles. The van der Waals surface area contributed by atoms with Crippen molar-refractivity contribution in [3.05, 3.63) is 29.3 Å². The smallest absolute Gasteiger partial charge is 0.183 e.